The van der Waals surface area contributed by atoms with Gasteiger partial charge in [-0.15, -0.1) is 0 Å². The highest BCUT2D eigenvalue weighted by Crippen LogP contribution is 2.44. The van der Waals surface area contributed by atoms with Gasteiger partial charge in [0.15, 0.2) is 11.6 Å². The summed E-state index contributed by atoms with van der Waals surface area (Å²) in [5.74, 6) is -1.62. The van der Waals surface area contributed by atoms with Crippen LogP contribution in [0.25, 0.3) is 0 Å². The summed E-state index contributed by atoms with van der Waals surface area (Å²) in [7, 11) is 3.86. The Morgan fingerprint density at radius 1 is 1.28 bits per heavy atom. The third-order valence-electron chi connectivity index (χ3n) is 5.89. The van der Waals surface area contributed by atoms with E-state index in [1.165, 1.54) is 0 Å². The van der Waals surface area contributed by atoms with Gasteiger partial charge in [0.25, 0.3) is 5.91 Å². The van der Waals surface area contributed by atoms with Crippen LogP contribution in [0.15, 0.2) is 12.1 Å². The highest BCUT2D eigenvalue weighted by molar-refractivity contribution is 5.95. The molecule has 2 saturated heterocycles. The van der Waals surface area contributed by atoms with Gasteiger partial charge in [-0.1, -0.05) is 0 Å². The molecule has 0 unspecified atom stereocenters. The van der Waals surface area contributed by atoms with Crippen molar-refractivity contribution in [3.8, 4) is 0 Å². The molecule has 1 atom stereocenters. The molecule has 25 heavy (non-hydrogen) atoms. The first-order chi connectivity index (χ1) is 11.9. The molecular formula is C19H26F2N2O2. The van der Waals surface area contributed by atoms with E-state index in [9.17, 15) is 13.6 Å². The number of carbonyl (C=O) groups excluding carboxylic acids is 1. The monoisotopic (exact) mass is 352 g/mol. The Bertz CT molecular complexity index is 657. The summed E-state index contributed by atoms with van der Waals surface area (Å²) < 4.78 is 32.2. The average Bonchev–Trinajstić information content (AvgIpc) is 2.86. The lowest BCUT2D eigenvalue weighted by molar-refractivity contribution is 0.0324. The number of ether oxygens (including phenoxy) is 1. The predicted molar refractivity (Wildman–Crippen MR) is 91.5 cm³/mol. The fraction of sp³-hybridized carbons (Fsp3) is 0.632. The number of rotatable bonds is 3. The van der Waals surface area contributed by atoms with Gasteiger partial charge in [0, 0.05) is 44.8 Å². The lowest BCUT2D eigenvalue weighted by Gasteiger charge is -2.42. The van der Waals surface area contributed by atoms with Crippen LogP contribution in [0.4, 0.5) is 8.78 Å². The van der Waals surface area contributed by atoms with Gasteiger partial charge in [-0.2, -0.15) is 0 Å². The maximum atomic E-state index is 13.5. The van der Waals surface area contributed by atoms with E-state index >= 15 is 0 Å². The van der Waals surface area contributed by atoms with Gasteiger partial charge in [-0.25, -0.2) is 8.78 Å². The first-order valence-electron chi connectivity index (χ1n) is 8.79. The van der Waals surface area contributed by atoms with Gasteiger partial charge in [-0.3, -0.25) is 4.79 Å². The normalized spacial score (nSPS) is 23.4. The highest BCUT2D eigenvalue weighted by Gasteiger charge is 2.47. The van der Waals surface area contributed by atoms with E-state index < -0.39 is 11.6 Å². The van der Waals surface area contributed by atoms with Crippen LogP contribution in [0.2, 0.25) is 0 Å². The predicted octanol–water partition coefficient (Wildman–Crippen LogP) is 2.70. The van der Waals surface area contributed by atoms with E-state index in [1.807, 2.05) is 0 Å². The van der Waals surface area contributed by atoms with Gasteiger partial charge in [-0.05, 0) is 49.9 Å². The Kier molecular flexibility index (Phi) is 5.11. The van der Waals surface area contributed by atoms with Crippen LogP contribution >= 0.6 is 0 Å². The van der Waals surface area contributed by atoms with Gasteiger partial charge < -0.3 is 14.5 Å². The minimum Gasteiger partial charge on any atom is -0.384 e. The molecule has 0 aromatic heterocycles. The van der Waals surface area contributed by atoms with Crippen LogP contribution in [0.3, 0.4) is 0 Å². The van der Waals surface area contributed by atoms with Crippen molar-refractivity contribution < 1.29 is 18.3 Å². The first kappa shape index (κ1) is 18.3. The number of likely N-dealkylation sites (tertiary alicyclic amines) is 2. The zero-order chi connectivity index (χ0) is 18.2. The second kappa shape index (κ2) is 7.00. The minimum atomic E-state index is -0.972. The maximum Gasteiger partial charge on any atom is 0.254 e. The van der Waals surface area contributed by atoms with E-state index in [2.05, 4.69) is 11.9 Å². The molecule has 2 aliphatic rings. The zero-order valence-electron chi connectivity index (χ0n) is 15.1. The van der Waals surface area contributed by atoms with Gasteiger partial charge in [0.2, 0.25) is 0 Å². The molecule has 2 heterocycles. The molecule has 0 saturated carbocycles. The second-order valence-electron chi connectivity index (χ2n) is 7.58. The molecule has 2 fully saturated rings. The summed E-state index contributed by atoms with van der Waals surface area (Å²) >= 11 is 0. The minimum absolute atomic E-state index is 0.185. The Balaban J connectivity index is 1.72. The van der Waals surface area contributed by atoms with E-state index in [0.29, 0.717) is 24.6 Å². The summed E-state index contributed by atoms with van der Waals surface area (Å²) in [6.07, 6.45) is 1.83. The van der Waals surface area contributed by atoms with Crippen molar-refractivity contribution in [1.82, 2.24) is 9.80 Å². The number of amides is 1. The molecule has 1 aromatic rings. The van der Waals surface area contributed by atoms with Crippen LogP contribution in [0.1, 0.15) is 28.8 Å². The Labute approximate surface area is 147 Å². The molecule has 0 radical (unpaired) electrons. The van der Waals surface area contributed by atoms with E-state index in [1.54, 1.807) is 18.9 Å². The molecule has 0 aliphatic carbocycles. The topological polar surface area (TPSA) is 32.8 Å². The van der Waals surface area contributed by atoms with E-state index in [0.717, 1.165) is 44.7 Å². The van der Waals surface area contributed by atoms with Crippen molar-refractivity contribution in [2.75, 3.05) is 46.9 Å². The summed E-state index contributed by atoms with van der Waals surface area (Å²) in [6.45, 7) is 5.70. The number of piperidine rings is 1. The summed E-state index contributed by atoms with van der Waals surface area (Å²) in [6, 6.07) is 2.11. The number of benzene rings is 1. The van der Waals surface area contributed by atoms with Crippen molar-refractivity contribution >= 4 is 5.91 Å². The molecular weight excluding hydrogens is 326 g/mol. The largest absolute Gasteiger partial charge is 0.384 e. The lowest BCUT2D eigenvalue weighted by atomic mass is 9.71. The van der Waals surface area contributed by atoms with Crippen molar-refractivity contribution in [1.29, 1.82) is 0 Å². The van der Waals surface area contributed by atoms with Gasteiger partial charge in [0.05, 0.1) is 6.61 Å². The molecule has 0 bridgehead atoms. The highest BCUT2D eigenvalue weighted by atomic mass is 19.2. The number of carbonyl (C=O) groups is 1. The van der Waals surface area contributed by atoms with Crippen molar-refractivity contribution in [2.45, 2.75) is 19.8 Å². The van der Waals surface area contributed by atoms with E-state index in [4.69, 9.17) is 4.74 Å². The Morgan fingerprint density at radius 3 is 2.56 bits per heavy atom. The van der Waals surface area contributed by atoms with Crippen LogP contribution < -0.4 is 0 Å². The SMILES string of the molecule is COC[C@H]1CN(C)CC12CCN(C(=O)c1cc(F)c(F)cc1C)CC2. The van der Waals surface area contributed by atoms with Crippen molar-refractivity contribution in [3.05, 3.63) is 34.9 Å². The quantitative estimate of drug-likeness (QED) is 0.839. The summed E-state index contributed by atoms with van der Waals surface area (Å²) in [4.78, 5) is 16.9. The molecule has 3 rings (SSSR count). The first-order valence-corrected chi connectivity index (χ1v) is 8.79. The van der Waals surface area contributed by atoms with Crippen molar-refractivity contribution in [2.24, 2.45) is 11.3 Å². The fourth-order valence-electron chi connectivity index (χ4n) is 4.50. The van der Waals surface area contributed by atoms with Crippen LogP contribution in [0, 0.1) is 29.9 Å². The zero-order valence-corrected chi connectivity index (χ0v) is 15.1. The summed E-state index contributed by atoms with van der Waals surface area (Å²) in [5.41, 5.74) is 0.916. The number of nitrogens with zero attached hydrogens (tertiary/aromatic N) is 2. The number of methoxy groups -OCH3 is 1. The molecule has 1 amide bonds. The molecule has 4 nitrogen and oxygen atoms in total. The Hall–Kier alpha value is -1.53. The number of hydrogen-bond donors (Lipinski definition) is 0. The van der Waals surface area contributed by atoms with Crippen LogP contribution in [-0.2, 0) is 4.74 Å². The fourth-order valence-corrected chi connectivity index (χ4v) is 4.50. The summed E-state index contributed by atoms with van der Waals surface area (Å²) in [5, 5.41) is 0. The van der Waals surface area contributed by atoms with Crippen LogP contribution in [-0.4, -0.2) is 62.7 Å². The smallest absolute Gasteiger partial charge is 0.254 e. The molecule has 6 heteroatoms. The van der Waals surface area contributed by atoms with Crippen molar-refractivity contribution in [3.63, 3.8) is 0 Å². The molecule has 2 aliphatic heterocycles. The lowest BCUT2D eigenvalue weighted by Crippen LogP contribution is -2.47. The third kappa shape index (κ3) is 3.42. The number of hydrogen-bond acceptors (Lipinski definition) is 3. The Morgan fingerprint density at radius 2 is 1.92 bits per heavy atom. The van der Waals surface area contributed by atoms with Crippen LogP contribution in [0.5, 0.6) is 0 Å². The standard InChI is InChI=1S/C19H26F2N2O2/c1-13-8-16(20)17(21)9-15(13)18(24)23-6-4-19(5-7-23)12-22(2)10-14(19)11-25-3/h8-9,14H,4-7,10-12H2,1-3H3/t14-/m1/s1. The molecule has 138 valence electrons. The molecule has 1 aromatic carbocycles. The van der Waals surface area contributed by atoms with E-state index in [-0.39, 0.29) is 16.9 Å². The average molecular weight is 352 g/mol. The molecule has 0 N–H and O–H groups in total. The third-order valence-corrected chi connectivity index (χ3v) is 5.89. The number of halogens is 2. The maximum absolute atomic E-state index is 13.5. The molecule has 1 spiro atoms. The van der Waals surface area contributed by atoms with Gasteiger partial charge in [0.1, 0.15) is 0 Å². The second-order valence-corrected chi connectivity index (χ2v) is 7.58. The number of aryl methyl sites for hydroxylation is 1. The van der Waals surface area contributed by atoms with Gasteiger partial charge >= 0.3 is 0 Å².